The highest BCUT2D eigenvalue weighted by Gasteiger charge is 2.21. The van der Waals surface area contributed by atoms with Crippen molar-refractivity contribution in [3.05, 3.63) is 53.2 Å². The zero-order valence-corrected chi connectivity index (χ0v) is 18.3. The summed E-state index contributed by atoms with van der Waals surface area (Å²) in [7, 11) is 1.34. The maximum absolute atomic E-state index is 12.3. The number of aryl methyl sites for hydroxylation is 1. The number of carbonyl (C=O) groups excluding carboxylic acids is 2. The van der Waals surface area contributed by atoms with E-state index in [0.717, 1.165) is 16.2 Å². The van der Waals surface area contributed by atoms with Crippen molar-refractivity contribution in [3.63, 3.8) is 0 Å². The lowest BCUT2D eigenvalue weighted by molar-refractivity contribution is -0.145. The summed E-state index contributed by atoms with van der Waals surface area (Å²) >= 11 is 1.52. The molecular weight excluding hydrogens is 418 g/mol. The Bertz CT molecular complexity index is 969. The second-order valence-corrected chi connectivity index (χ2v) is 7.74. The van der Waals surface area contributed by atoms with Crippen LogP contribution in [-0.2, 0) is 27.2 Å². The van der Waals surface area contributed by atoms with Gasteiger partial charge in [0.15, 0.2) is 0 Å². The van der Waals surface area contributed by atoms with Crippen LogP contribution in [0.15, 0.2) is 46.3 Å². The molecule has 0 unspecified atom stereocenters. The molecule has 1 amide bonds. The molecule has 0 radical (unpaired) electrons. The van der Waals surface area contributed by atoms with Crippen LogP contribution in [0.25, 0.3) is 10.7 Å². The normalized spacial score (nSPS) is 11.7. The van der Waals surface area contributed by atoms with Crippen molar-refractivity contribution in [2.24, 2.45) is 5.92 Å². The standard InChI is InChI=1S/C22H25N3O5S/c1-3-29-17-8-6-15(7-9-17)13-16(22(27)28-2)14-23-19(26)10-11-20-24-21(25-30-20)18-5-4-12-31-18/h4-9,12,16H,3,10-11,13-14H2,1-2H3,(H,23,26)/t16-/m1/s1. The van der Waals surface area contributed by atoms with Crippen LogP contribution in [0, 0.1) is 5.92 Å². The lowest BCUT2D eigenvalue weighted by Gasteiger charge is -2.16. The summed E-state index contributed by atoms with van der Waals surface area (Å²) in [6.07, 6.45) is 0.961. The van der Waals surface area contributed by atoms with E-state index in [2.05, 4.69) is 15.5 Å². The third-order valence-corrected chi connectivity index (χ3v) is 5.44. The molecule has 9 heteroatoms. The highest BCUT2D eigenvalue weighted by Crippen LogP contribution is 2.21. The van der Waals surface area contributed by atoms with Gasteiger partial charge in [0.25, 0.3) is 0 Å². The molecular formula is C22H25N3O5S. The molecule has 0 saturated carbocycles. The van der Waals surface area contributed by atoms with E-state index in [0.29, 0.717) is 31.2 Å². The summed E-state index contributed by atoms with van der Waals surface area (Å²) in [5.74, 6) is 0.644. The highest BCUT2D eigenvalue weighted by atomic mass is 32.1. The van der Waals surface area contributed by atoms with Crippen molar-refractivity contribution in [3.8, 4) is 16.5 Å². The minimum absolute atomic E-state index is 0.184. The molecule has 164 valence electrons. The SMILES string of the molecule is CCOc1ccc(C[C@H](CNC(=O)CCc2nc(-c3cccs3)no2)C(=O)OC)cc1. The van der Waals surface area contributed by atoms with Crippen molar-refractivity contribution in [1.82, 2.24) is 15.5 Å². The van der Waals surface area contributed by atoms with Gasteiger partial charge < -0.3 is 19.3 Å². The number of esters is 1. The van der Waals surface area contributed by atoms with Gasteiger partial charge in [0.1, 0.15) is 5.75 Å². The first-order valence-corrected chi connectivity index (χ1v) is 10.9. The molecule has 1 atom stereocenters. The van der Waals surface area contributed by atoms with Crippen molar-refractivity contribution in [2.75, 3.05) is 20.3 Å². The van der Waals surface area contributed by atoms with Gasteiger partial charge in [-0.2, -0.15) is 4.98 Å². The van der Waals surface area contributed by atoms with Gasteiger partial charge in [-0.25, -0.2) is 0 Å². The minimum atomic E-state index is -0.485. The maximum atomic E-state index is 12.3. The number of hydrogen-bond acceptors (Lipinski definition) is 8. The Morgan fingerprint density at radius 2 is 2.03 bits per heavy atom. The van der Waals surface area contributed by atoms with Crippen LogP contribution in [0.1, 0.15) is 24.8 Å². The number of nitrogens with one attached hydrogen (secondary N) is 1. The molecule has 0 aliphatic rings. The van der Waals surface area contributed by atoms with Crippen LogP contribution in [0.4, 0.5) is 0 Å². The average molecular weight is 444 g/mol. The number of benzene rings is 1. The topological polar surface area (TPSA) is 104 Å². The van der Waals surface area contributed by atoms with Gasteiger partial charge in [-0.1, -0.05) is 23.4 Å². The fraction of sp³-hybridized carbons (Fsp3) is 0.364. The molecule has 0 fully saturated rings. The van der Waals surface area contributed by atoms with Crippen molar-refractivity contribution in [2.45, 2.75) is 26.2 Å². The quantitative estimate of drug-likeness (QED) is 0.454. The summed E-state index contributed by atoms with van der Waals surface area (Å²) in [4.78, 5) is 29.6. The lowest BCUT2D eigenvalue weighted by Crippen LogP contribution is -2.34. The fourth-order valence-electron chi connectivity index (χ4n) is 2.99. The largest absolute Gasteiger partial charge is 0.494 e. The number of aromatic nitrogens is 2. The average Bonchev–Trinajstić information content (AvgIpc) is 3.48. The summed E-state index contributed by atoms with van der Waals surface area (Å²) in [5, 5.41) is 8.67. The number of ether oxygens (including phenoxy) is 2. The Balaban J connectivity index is 1.49. The monoisotopic (exact) mass is 443 g/mol. The Morgan fingerprint density at radius 3 is 2.71 bits per heavy atom. The summed E-state index contributed by atoms with van der Waals surface area (Å²) < 4.78 is 15.5. The Morgan fingerprint density at radius 1 is 1.23 bits per heavy atom. The molecule has 1 aromatic carbocycles. The molecule has 0 aliphatic heterocycles. The van der Waals surface area contributed by atoms with Gasteiger partial charge in [0.2, 0.25) is 17.6 Å². The predicted molar refractivity (Wildman–Crippen MR) is 116 cm³/mol. The lowest BCUT2D eigenvalue weighted by atomic mass is 9.99. The van der Waals surface area contributed by atoms with Crippen LogP contribution < -0.4 is 10.1 Å². The first-order chi connectivity index (χ1) is 15.1. The minimum Gasteiger partial charge on any atom is -0.494 e. The molecule has 0 spiro atoms. The van der Waals surface area contributed by atoms with E-state index in [9.17, 15) is 9.59 Å². The molecule has 3 rings (SSSR count). The van der Waals surface area contributed by atoms with Crippen LogP contribution in [-0.4, -0.2) is 42.3 Å². The zero-order chi connectivity index (χ0) is 22.1. The summed E-state index contributed by atoms with van der Waals surface area (Å²) in [6, 6.07) is 11.4. The van der Waals surface area contributed by atoms with Gasteiger partial charge >= 0.3 is 5.97 Å². The van der Waals surface area contributed by atoms with E-state index >= 15 is 0 Å². The molecule has 8 nitrogen and oxygen atoms in total. The Labute approximate surface area is 184 Å². The van der Waals surface area contributed by atoms with Gasteiger partial charge in [-0.05, 0) is 42.5 Å². The number of hydrogen-bond donors (Lipinski definition) is 1. The van der Waals surface area contributed by atoms with Gasteiger partial charge in [0, 0.05) is 19.4 Å². The molecule has 31 heavy (non-hydrogen) atoms. The Kier molecular flexibility index (Phi) is 8.17. The van der Waals surface area contributed by atoms with E-state index in [1.807, 2.05) is 48.7 Å². The first-order valence-electron chi connectivity index (χ1n) is 10.0. The smallest absolute Gasteiger partial charge is 0.310 e. The van der Waals surface area contributed by atoms with E-state index in [1.165, 1.54) is 18.4 Å². The van der Waals surface area contributed by atoms with Crippen molar-refractivity contribution < 1.29 is 23.6 Å². The molecule has 3 aromatic rings. The molecule has 2 aromatic heterocycles. The van der Waals surface area contributed by atoms with Crippen LogP contribution in [0.3, 0.4) is 0 Å². The molecule has 0 aliphatic carbocycles. The third kappa shape index (κ3) is 6.65. The summed E-state index contributed by atoms with van der Waals surface area (Å²) in [6.45, 7) is 2.70. The molecule has 1 N–H and O–H groups in total. The van der Waals surface area contributed by atoms with E-state index in [4.69, 9.17) is 14.0 Å². The molecule has 0 saturated heterocycles. The van der Waals surface area contributed by atoms with Crippen LogP contribution in [0.5, 0.6) is 5.75 Å². The first kappa shape index (κ1) is 22.5. The number of amides is 1. The predicted octanol–water partition coefficient (Wildman–Crippen LogP) is 3.28. The number of rotatable bonds is 11. The van der Waals surface area contributed by atoms with E-state index in [1.54, 1.807) is 0 Å². The van der Waals surface area contributed by atoms with Gasteiger partial charge in [0.05, 0.1) is 24.5 Å². The second-order valence-electron chi connectivity index (χ2n) is 6.79. The maximum Gasteiger partial charge on any atom is 0.310 e. The van der Waals surface area contributed by atoms with E-state index in [-0.39, 0.29) is 24.8 Å². The van der Waals surface area contributed by atoms with Crippen LogP contribution >= 0.6 is 11.3 Å². The molecule has 2 heterocycles. The summed E-state index contributed by atoms with van der Waals surface area (Å²) in [5.41, 5.74) is 0.958. The van der Waals surface area contributed by atoms with Gasteiger partial charge in [-0.15, -0.1) is 11.3 Å². The zero-order valence-electron chi connectivity index (χ0n) is 17.5. The molecule has 0 bridgehead atoms. The van der Waals surface area contributed by atoms with Crippen molar-refractivity contribution in [1.29, 1.82) is 0 Å². The van der Waals surface area contributed by atoms with Gasteiger partial charge in [-0.3, -0.25) is 9.59 Å². The number of thiophene rings is 1. The van der Waals surface area contributed by atoms with E-state index < -0.39 is 5.92 Å². The number of carbonyl (C=O) groups is 2. The van der Waals surface area contributed by atoms with Crippen LogP contribution in [0.2, 0.25) is 0 Å². The highest BCUT2D eigenvalue weighted by molar-refractivity contribution is 7.13. The Hall–Kier alpha value is -3.20. The fourth-order valence-corrected chi connectivity index (χ4v) is 3.64. The third-order valence-electron chi connectivity index (χ3n) is 4.57. The number of nitrogens with zero attached hydrogens (tertiary/aromatic N) is 2. The number of methoxy groups -OCH3 is 1. The second kappa shape index (κ2) is 11.3. The van der Waals surface area contributed by atoms with Crippen molar-refractivity contribution >= 4 is 23.2 Å².